The Bertz CT molecular complexity index is 692. The Hall–Kier alpha value is -1.49. The quantitative estimate of drug-likeness (QED) is 0.513. The molecular weight excluding hydrogens is 363 g/mol. The lowest BCUT2D eigenvalue weighted by molar-refractivity contribution is -0.0708. The van der Waals surface area contributed by atoms with E-state index in [4.69, 9.17) is 18.7 Å². The molecule has 2 aromatic rings. The fourth-order valence-electron chi connectivity index (χ4n) is 2.87. The highest BCUT2D eigenvalue weighted by atomic mass is 31.2. The number of benzene rings is 2. The van der Waals surface area contributed by atoms with Crippen LogP contribution in [0, 0.1) is 0 Å². The van der Waals surface area contributed by atoms with Gasteiger partial charge in [0, 0.05) is 19.5 Å². The number of hydrogen-bond acceptors (Lipinski definition) is 5. The topological polar surface area (TPSA) is 54.0 Å². The molecule has 0 saturated carbocycles. The van der Waals surface area contributed by atoms with E-state index >= 15 is 0 Å². The maximum Gasteiger partial charge on any atom is 0.234 e. The first-order valence-corrected chi connectivity index (χ1v) is 10.9. The Balaban J connectivity index is 2.03. The molecule has 0 bridgehead atoms. The summed E-state index contributed by atoms with van der Waals surface area (Å²) < 4.78 is 36.2. The van der Waals surface area contributed by atoms with Crippen LogP contribution in [0.25, 0.3) is 0 Å². The van der Waals surface area contributed by atoms with Crippen LogP contribution in [0.5, 0.6) is 0 Å². The molecule has 0 spiro atoms. The molecule has 6 heteroatoms. The molecule has 0 aromatic heterocycles. The average Bonchev–Trinajstić information content (AvgIpc) is 2.71. The van der Waals surface area contributed by atoms with Crippen molar-refractivity contribution in [3.8, 4) is 0 Å². The van der Waals surface area contributed by atoms with Gasteiger partial charge in [0.25, 0.3) is 0 Å². The average molecular weight is 392 g/mol. The molecule has 0 radical (unpaired) electrons. The van der Waals surface area contributed by atoms with Crippen LogP contribution >= 0.6 is 7.37 Å². The molecule has 0 amide bonds. The van der Waals surface area contributed by atoms with E-state index in [2.05, 4.69) is 0 Å². The Morgan fingerprint density at radius 2 is 1.48 bits per heavy atom. The summed E-state index contributed by atoms with van der Waals surface area (Å²) in [7, 11) is 0.138. The third-order valence-electron chi connectivity index (χ3n) is 4.32. The van der Waals surface area contributed by atoms with Gasteiger partial charge >= 0.3 is 0 Å². The van der Waals surface area contributed by atoms with Crippen molar-refractivity contribution in [2.24, 2.45) is 0 Å². The van der Waals surface area contributed by atoms with Gasteiger partial charge in [-0.3, -0.25) is 4.57 Å². The van der Waals surface area contributed by atoms with Crippen molar-refractivity contribution in [2.45, 2.75) is 25.7 Å². The van der Waals surface area contributed by atoms with E-state index in [1.54, 1.807) is 14.2 Å². The predicted molar refractivity (Wildman–Crippen MR) is 108 cm³/mol. The minimum absolute atomic E-state index is 0.231. The standard InChI is InChI=1S/C21H29O5P/c1-4-26-27(22,19-13-9-6-10-14-19)17-21(24-3)20(23-2)16-25-15-18-11-7-5-8-12-18/h5-14,20-21H,4,15-17H2,1-3H3/t20-,21-,27?/m0/s1. The Morgan fingerprint density at radius 3 is 2.04 bits per heavy atom. The van der Waals surface area contributed by atoms with Crippen LogP contribution in [0.1, 0.15) is 12.5 Å². The lowest BCUT2D eigenvalue weighted by Gasteiger charge is -2.28. The van der Waals surface area contributed by atoms with Crippen LogP contribution in [0.2, 0.25) is 0 Å². The van der Waals surface area contributed by atoms with Gasteiger partial charge in [-0.05, 0) is 24.6 Å². The Labute approximate surface area is 162 Å². The van der Waals surface area contributed by atoms with Crippen LogP contribution < -0.4 is 5.30 Å². The third-order valence-corrected chi connectivity index (χ3v) is 6.92. The second-order valence-corrected chi connectivity index (χ2v) is 8.64. The molecule has 0 fully saturated rings. The first kappa shape index (κ1) is 21.8. The van der Waals surface area contributed by atoms with Crippen molar-refractivity contribution < 1.29 is 23.3 Å². The van der Waals surface area contributed by atoms with Crippen LogP contribution in [0.4, 0.5) is 0 Å². The Kier molecular flexibility index (Phi) is 9.19. The van der Waals surface area contributed by atoms with Gasteiger partial charge in [-0.1, -0.05) is 48.5 Å². The summed E-state index contributed by atoms with van der Waals surface area (Å²) in [6, 6.07) is 19.2. The third kappa shape index (κ3) is 6.56. The molecule has 148 valence electrons. The van der Waals surface area contributed by atoms with Gasteiger partial charge in [-0.25, -0.2) is 0 Å². The predicted octanol–water partition coefficient (Wildman–Crippen LogP) is 3.87. The normalized spacial score (nSPS) is 15.8. The van der Waals surface area contributed by atoms with Gasteiger partial charge in [0.2, 0.25) is 7.37 Å². The van der Waals surface area contributed by atoms with E-state index in [1.165, 1.54) is 0 Å². The second-order valence-electron chi connectivity index (χ2n) is 6.16. The first-order valence-electron chi connectivity index (χ1n) is 9.09. The van der Waals surface area contributed by atoms with Crippen molar-refractivity contribution in [1.82, 2.24) is 0 Å². The van der Waals surface area contributed by atoms with Gasteiger partial charge < -0.3 is 18.7 Å². The van der Waals surface area contributed by atoms with Gasteiger partial charge in [0.05, 0.1) is 32.1 Å². The minimum Gasteiger partial charge on any atom is -0.378 e. The van der Waals surface area contributed by atoms with Crippen LogP contribution in [0.15, 0.2) is 60.7 Å². The monoisotopic (exact) mass is 392 g/mol. The maximum absolute atomic E-state index is 13.5. The fourth-order valence-corrected chi connectivity index (χ4v) is 5.24. The number of ether oxygens (including phenoxy) is 3. The Morgan fingerprint density at radius 1 is 0.889 bits per heavy atom. The van der Waals surface area contributed by atoms with Crippen LogP contribution in [-0.2, 0) is 29.9 Å². The van der Waals surface area contributed by atoms with Crippen molar-refractivity contribution in [1.29, 1.82) is 0 Å². The number of rotatable bonds is 12. The largest absolute Gasteiger partial charge is 0.378 e. The highest BCUT2D eigenvalue weighted by Crippen LogP contribution is 2.47. The summed E-state index contributed by atoms with van der Waals surface area (Å²) in [6.07, 6.45) is -0.534. The molecule has 0 N–H and O–H groups in total. The summed E-state index contributed by atoms with van der Waals surface area (Å²) in [5.41, 5.74) is 1.09. The van der Waals surface area contributed by atoms with E-state index in [9.17, 15) is 4.57 Å². The number of methoxy groups -OCH3 is 2. The van der Waals surface area contributed by atoms with E-state index in [-0.39, 0.29) is 12.3 Å². The summed E-state index contributed by atoms with van der Waals surface area (Å²) >= 11 is 0. The lowest BCUT2D eigenvalue weighted by Crippen LogP contribution is -2.38. The SMILES string of the molecule is CCOP(=O)(C[C@H](OC)[C@H](COCc1ccccc1)OC)c1ccccc1. The highest BCUT2D eigenvalue weighted by Gasteiger charge is 2.34. The molecule has 3 atom stereocenters. The molecule has 1 unspecified atom stereocenters. The zero-order chi connectivity index (χ0) is 19.5. The second kappa shape index (κ2) is 11.4. The maximum atomic E-state index is 13.5. The molecule has 0 saturated heterocycles. The van der Waals surface area contributed by atoms with Crippen LogP contribution in [0.3, 0.4) is 0 Å². The zero-order valence-electron chi connectivity index (χ0n) is 16.2. The van der Waals surface area contributed by atoms with Crippen molar-refractivity contribution in [3.05, 3.63) is 66.2 Å². The molecule has 2 aromatic carbocycles. The molecule has 2 rings (SSSR count). The smallest absolute Gasteiger partial charge is 0.234 e. The molecule has 0 heterocycles. The van der Waals surface area contributed by atoms with Gasteiger partial charge in [-0.15, -0.1) is 0 Å². The summed E-state index contributed by atoms with van der Waals surface area (Å²) in [4.78, 5) is 0. The summed E-state index contributed by atoms with van der Waals surface area (Å²) in [5.74, 6) is 0. The summed E-state index contributed by atoms with van der Waals surface area (Å²) in [5, 5.41) is 0.689. The summed E-state index contributed by atoms with van der Waals surface area (Å²) in [6.45, 7) is 3.03. The highest BCUT2D eigenvalue weighted by molar-refractivity contribution is 7.67. The van der Waals surface area contributed by atoms with E-state index in [0.29, 0.717) is 25.1 Å². The molecule has 0 aliphatic rings. The lowest BCUT2D eigenvalue weighted by atomic mass is 10.2. The van der Waals surface area contributed by atoms with Gasteiger partial charge in [0.15, 0.2) is 0 Å². The van der Waals surface area contributed by atoms with Crippen molar-refractivity contribution in [2.75, 3.05) is 33.6 Å². The first-order chi connectivity index (χ1) is 13.1. The van der Waals surface area contributed by atoms with Crippen molar-refractivity contribution in [3.63, 3.8) is 0 Å². The van der Waals surface area contributed by atoms with Crippen molar-refractivity contribution >= 4 is 12.7 Å². The molecule has 27 heavy (non-hydrogen) atoms. The molecule has 0 aliphatic carbocycles. The van der Waals surface area contributed by atoms with E-state index in [1.807, 2.05) is 67.6 Å². The van der Waals surface area contributed by atoms with Gasteiger partial charge in [-0.2, -0.15) is 0 Å². The zero-order valence-corrected chi connectivity index (χ0v) is 17.1. The molecule has 5 nitrogen and oxygen atoms in total. The molecule has 0 aliphatic heterocycles. The number of hydrogen-bond donors (Lipinski definition) is 0. The fraction of sp³-hybridized carbons (Fsp3) is 0.429. The van der Waals surface area contributed by atoms with Crippen LogP contribution in [-0.4, -0.2) is 45.8 Å². The minimum atomic E-state index is -3.06. The van der Waals surface area contributed by atoms with E-state index < -0.39 is 13.5 Å². The van der Waals surface area contributed by atoms with E-state index in [0.717, 1.165) is 5.56 Å². The molecular formula is C21H29O5P. The van der Waals surface area contributed by atoms with Gasteiger partial charge in [0.1, 0.15) is 6.10 Å².